The molecule has 0 radical (unpaired) electrons. The molecule has 1 aliphatic heterocycles. The third-order valence-electron chi connectivity index (χ3n) is 1.97. The second-order valence-electron chi connectivity index (χ2n) is 3.04. The molecule has 0 spiro atoms. The van der Waals surface area contributed by atoms with Gasteiger partial charge >= 0.3 is 0 Å². The van der Waals surface area contributed by atoms with Gasteiger partial charge in [0.25, 0.3) is 0 Å². The van der Waals surface area contributed by atoms with Crippen LogP contribution in [0.1, 0.15) is 6.92 Å². The Morgan fingerprint density at radius 2 is 2.00 bits per heavy atom. The molecular weight excluding hydrogens is 261 g/mol. The van der Waals surface area contributed by atoms with Gasteiger partial charge in [0.05, 0.1) is 0 Å². The molecule has 1 nitrogen and oxygen atoms in total. The summed E-state index contributed by atoms with van der Waals surface area (Å²) in [6.45, 7) is 2.05. The SMILES string of the molecule is CC1=CC(Br)=C2C=CC=CC=C2N1.Cl. The van der Waals surface area contributed by atoms with Crippen molar-refractivity contribution in [2.24, 2.45) is 0 Å². The van der Waals surface area contributed by atoms with Crippen molar-refractivity contribution in [2.45, 2.75) is 6.92 Å². The number of rotatable bonds is 0. The molecule has 0 amide bonds. The van der Waals surface area contributed by atoms with Crippen LogP contribution in [-0.2, 0) is 0 Å². The lowest BCUT2D eigenvalue weighted by molar-refractivity contribution is 0.970. The summed E-state index contributed by atoms with van der Waals surface area (Å²) >= 11 is 3.55. The number of allylic oxidation sites excluding steroid dienone is 8. The van der Waals surface area contributed by atoms with Crippen LogP contribution < -0.4 is 5.32 Å². The predicted octanol–water partition coefficient (Wildman–Crippen LogP) is 3.57. The first-order valence-electron chi connectivity index (χ1n) is 4.18. The van der Waals surface area contributed by atoms with Crippen LogP contribution in [0.2, 0.25) is 0 Å². The van der Waals surface area contributed by atoms with Gasteiger partial charge in [0.2, 0.25) is 0 Å². The van der Waals surface area contributed by atoms with Gasteiger partial charge in [0, 0.05) is 21.4 Å². The molecule has 0 saturated heterocycles. The van der Waals surface area contributed by atoms with Crippen LogP contribution in [0, 0.1) is 0 Å². The summed E-state index contributed by atoms with van der Waals surface area (Å²) in [6.07, 6.45) is 12.3. The Labute approximate surface area is 98.5 Å². The van der Waals surface area contributed by atoms with Crippen molar-refractivity contribution < 1.29 is 0 Å². The van der Waals surface area contributed by atoms with E-state index in [1.807, 2.05) is 18.2 Å². The van der Waals surface area contributed by atoms with E-state index >= 15 is 0 Å². The van der Waals surface area contributed by atoms with Crippen LogP contribution in [0.4, 0.5) is 0 Å². The molecule has 3 heteroatoms. The first kappa shape index (κ1) is 11.3. The smallest absolute Gasteiger partial charge is 0.0466 e. The van der Waals surface area contributed by atoms with Gasteiger partial charge in [-0.1, -0.05) is 40.2 Å². The van der Waals surface area contributed by atoms with E-state index < -0.39 is 0 Å². The lowest BCUT2D eigenvalue weighted by Crippen LogP contribution is -2.15. The fraction of sp³-hybridized carbons (Fsp3) is 0.0909. The Morgan fingerprint density at radius 3 is 2.79 bits per heavy atom. The molecule has 1 aliphatic carbocycles. The lowest BCUT2D eigenvalue weighted by Gasteiger charge is -2.18. The number of halogens is 2. The average molecular weight is 273 g/mol. The van der Waals surface area contributed by atoms with E-state index in [2.05, 4.69) is 46.4 Å². The van der Waals surface area contributed by atoms with Crippen LogP contribution in [0.3, 0.4) is 0 Å². The maximum atomic E-state index is 3.55. The Hall–Kier alpha value is -0.730. The molecular formula is C11H11BrClN. The fourth-order valence-electron chi connectivity index (χ4n) is 1.38. The van der Waals surface area contributed by atoms with E-state index in [0.717, 1.165) is 15.9 Å². The summed E-state index contributed by atoms with van der Waals surface area (Å²) < 4.78 is 1.13. The summed E-state index contributed by atoms with van der Waals surface area (Å²) in [4.78, 5) is 0. The molecule has 14 heavy (non-hydrogen) atoms. The van der Waals surface area contributed by atoms with Crippen molar-refractivity contribution >= 4 is 28.3 Å². The zero-order valence-electron chi connectivity index (χ0n) is 7.75. The van der Waals surface area contributed by atoms with E-state index in [1.54, 1.807) is 0 Å². The van der Waals surface area contributed by atoms with Crippen molar-refractivity contribution in [3.05, 3.63) is 57.9 Å². The Bertz CT molecular complexity index is 386. The van der Waals surface area contributed by atoms with E-state index in [0.29, 0.717) is 0 Å². The standard InChI is InChI=1S/C11H10BrN.ClH/c1-8-7-10(12)9-5-3-2-4-6-11(9)13-8;/h2-7,13H,1H3;1H. The van der Waals surface area contributed by atoms with Gasteiger partial charge in [-0.15, -0.1) is 12.4 Å². The van der Waals surface area contributed by atoms with E-state index in [-0.39, 0.29) is 12.4 Å². The molecule has 0 aromatic carbocycles. The predicted molar refractivity (Wildman–Crippen MR) is 66.5 cm³/mol. The third-order valence-corrected chi connectivity index (χ3v) is 2.63. The number of dihydropyridines is 1. The number of nitrogens with one attached hydrogen (secondary N) is 1. The van der Waals surface area contributed by atoms with Gasteiger partial charge in [0.15, 0.2) is 0 Å². The van der Waals surface area contributed by atoms with E-state index in [9.17, 15) is 0 Å². The average Bonchev–Trinajstić information content (AvgIpc) is 2.28. The quantitative estimate of drug-likeness (QED) is 0.711. The first-order valence-corrected chi connectivity index (χ1v) is 4.97. The number of hydrogen-bond acceptors (Lipinski definition) is 1. The molecule has 2 rings (SSSR count). The highest BCUT2D eigenvalue weighted by Crippen LogP contribution is 2.27. The van der Waals surface area contributed by atoms with Crippen molar-refractivity contribution in [3.63, 3.8) is 0 Å². The highest BCUT2D eigenvalue weighted by molar-refractivity contribution is 9.11. The topological polar surface area (TPSA) is 12.0 Å². The van der Waals surface area contributed by atoms with Crippen LogP contribution in [0.15, 0.2) is 57.9 Å². The molecule has 0 fully saturated rings. The Balaban J connectivity index is 0.000000980. The maximum absolute atomic E-state index is 3.55. The van der Waals surface area contributed by atoms with E-state index in [4.69, 9.17) is 0 Å². The molecule has 0 atom stereocenters. The van der Waals surface area contributed by atoms with Crippen LogP contribution >= 0.6 is 28.3 Å². The normalized spacial score (nSPS) is 18.7. The molecule has 2 aliphatic rings. The van der Waals surface area contributed by atoms with Gasteiger partial charge in [0.1, 0.15) is 0 Å². The Kier molecular flexibility index (Phi) is 3.78. The molecule has 0 aromatic rings. The highest BCUT2D eigenvalue weighted by Gasteiger charge is 2.11. The van der Waals surface area contributed by atoms with Crippen LogP contribution in [0.25, 0.3) is 0 Å². The summed E-state index contributed by atoms with van der Waals surface area (Å²) in [5.74, 6) is 0. The summed E-state index contributed by atoms with van der Waals surface area (Å²) in [5.41, 5.74) is 3.51. The van der Waals surface area contributed by atoms with Crippen molar-refractivity contribution in [1.82, 2.24) is 5.32 Å². The maximum Gasteiger partial charge on any atom is 0.0466 e. The first-order chi connectivity index (χ1) is 6.27. The minimum atomic E-state index is 0. The summed E-state index contributed by atoms with van der Waals surface area (Å²) in [6, 6.07) is 0. The van der Waals surface area contributed by atoms with Crippen LogP contribution in [0.5, 0.6) is 0 Å². The minimum Gasteiger partial charge on any atom is -0.359 e. The Morgan fingerprint density at radius 1 is 1.21 bits per heavy atom. The molecule has 0 bridgehead atoms. The highest BCUT2D eigenvalue weighted by atomic mass is 79.9. The van der Waals surface area contributed by atoms with Gasteiger partial charge in [-0.05, 0) is 19.1 Å². The second kappa shape index (κ2) is 4.67. The molecule has 0 saturated carbocycles. The summed E-state index contributed by atoms with van der Waals surface area (Å²) in [7, 11) is 0. The molecule has 0 aromatic heterocycles. The van der Waals surface area contributed by atoms with Crippen molar-refractivity contribution in [2.75, 3.05) is 0 Å². The third kappa shape index (κ3) is 2.20. The number of hydrogen-bond donors (Lipinski definition) is 1. The fourth-order valence-corrected chi connectivity index (χ4v) is 2.07. The van der Waals surface area contributed by atoms with Crippen molar-refractivity contribution in [1.29, 1.82) is 0 Å². The minimum absolute atomic E-state index is 0. The zero-order valence-corrected chi connectivity index (χ0v) is 10.2. The zero-order chi connectivity index (χ0) is 9.26. The lowest BCUT2D eigenvalue weighted by atomic mass is 10.1. The largest absolute Gasteiger partial charge is 0.359 e. The second-order valence-corrected chi connectivity index (χ2v) is 3.89. The summed E-state index contributed by atoms with van der Waals surface area (Å²) in [5, 5.41) is 3.32. The van der Waals surface area contributed by atoms with Gasteiger partial charge < -0.3 is 5.32 Å². The van der Waals surface area contributed by atoms with E-state index in [1.165, 1.54) is 5.57 Å². The number of fused-ring (bicyclic) bond motifs is 1. The molecule has 1 N–H and O–H groups in total. The monoisotopic (exact) mass is 271 g/mol. The van der Waals surface area contributed by atoms with Crippen molar-refractivity contribution in [3.8, 4) is 0 Å². The van der Waals surface area contributed by atoms with Gasteiger partial charge in [-0.25, -0.2) is 0 Å². The van der Waals surface area contributed by atoms with Crippen LogP contribution in [-0.4, -0.2) is 0 Å². The van der Waals surface area contributed by atoms with Gasteiger partial charge in [-0.2, -0.15) is 0 Å². The molecule has 1 heterocycles. The molecule has 74 valence electrons. The van der Waals surface area contributed by atoms with Gasteiger partial charge in [-0.3, -0.25) is 0 Å². The molecule has 0 unspecified atom stereocenters.